The zero-order valence-corrected chi connectivity index (χ0v) is 18.3. The van der Waals surface area contributed by atoms with Gasteiger partial charge in [-0.25, -0.2) is 0 Å². The molecule has 2 aliphatic heterocycles. The fourth-order valence-corrected chi connectivity index (χ4v) is 4.95. The van der Waals surface area contributed by atoms with Crippen LogP contribution in [0.4, 0.5) is 5.82 Å². The average molecular weight is 421 g/mol. The van der Waals surface area contributed by atoms with E-state index in [9.17, 15) is 5.11 Å². The molecule has 0 bridgehead atoms. The van der Waals surface area contributed by atoms with E-state index in [1.54, 1.807) is 0 Å². The van der Waals surface area contributed by atoms with Crippen LogP contribution in [0.1, 0.15) is 49.7 Å². The summed E-state index contributed by atoms with van der Waals surface area (Å²) in [5.41, 5.74) is 4.95. The molecule has 3 aliphatic rings. The van der Waals surface area contributed by atoms with Crippen LogP contribution in [0.5, 0.6) is 5.75 Å². The van der Waals surface area contributed by atoms with Gasteiger partial charge in [-0.2, -0.15) is 0 Å². The number of piperidine rings is 1. The number of phenolic OH excluding ortho intramolecular Hbond substituents is 1. The van der Waals surface area contributed by atoms with Crippen molar-refractivity contribution in [2.45, 2.75) is 57.5 Å². The van der Waals surface area contributed by atoms with Gasteiger partial charge in [-0.1, -0.05) is 12.1 Å². The molecule has 2 fully saturated rings. The number of phenols is 1. The Hall–Kier alpha value is -2.44. The van der Waals surface area contributed by atoms with Gasteiger partial charge in [0.25, 0.3) is 0 Å². The van der Waals surface area contributed by atoms with Crippen LogP contribution in [-0.2, 0) is 4.74 Å². The van der Waals surface area contributed by atoms with Crippen molar-refractivity contribution in [1.82, 2.24) is 15.1 Å². The van der Waals surface area contributed by atoms with E-state index in [1.807, 2.05) is 25.1 Å². The SMILES string of the molecule is Cc1cc(N[C@H]2CCCN(C3COC3)C2)nnc1-c1ccc(C2=CCCCC2)cc1O. The molecule has 1 aliphatic carbocycles. The Kier molecular flexibility index (Phi) is 5.92. The molecule has 2 N–H and O–H groups in total. The van der Waals surface area contributed by atoms with Crippen molar-refractivity contribution in [3.05, 3.63) is 41.5 Å². The number of nitrogens with zero attached hydrogens (tertiary/aromatic N) is 3. The lowest BCUT2D eigenvalue weighted by atomic mass is 9.92. The maximum absolute atomic E-state index is 10.7. The van der Waals surface area contributed by atoms with E-state index in [1.165, 1.54) is 24.8 Å². The molecule has 0 unspecified atom stereocenters. The molecule has 164 valence electrons. The summed E-state index contributed by atoms with van der Waals surface area (Å²) in [5, 5.41) is 23.2. The van der Waals surface area contributed by atoms with Gasteiger partial charge in [-0.15, -0.1) is 10.2 Å². The van der Waals surface area contributed by atoms with Gasteiger partial charge in [-0.3, -0.25) is 4.90 Å². The summed E-state index contributed by atoms with van der Waals surface area (Å²) in [6.45, 7) is 5.93. The van der Waals surface area contributed by atoms with Gasteiger partial charge in [-0.05, 0) is 86.9 Å². The Bertz CT molecular complexity index is 970. The maximum atomic E-state index is 10.7. The molecule has 6 heteroatoms. The van der Waals surface area contributed by atoms with Gasteiger partial charge in [0.15, 0.2) is 0 Å². The fourth-order valence-electron chi connectivity index (χ4n) is 4.95. The van der Waals surface area contributed by atoms with E-state index >= 15 is 0 Å². The Labute approximate surface area is 184 Å². The van der Waals surface area contributed by atoms with E-state index < -0.39 is 0 Å². The van der Waals surface area contributed by atoms with Gasteiger partial charge >= 0.3 is 0 Å². The number of benzene rings is 1. The zero-order chi connectivity index (χ0) is 21.2. The summed E-state index contributed by atoms with van der Waals surface area (Å²) >= 11 is 0. The number of aryl methyl sites for hydroxylation is 1. The molecule has 0 spiro atoms. The Morgan fingerprint density at radius 2 is 2.03 bits per heavy atom. The number of allylic oxidation sites excluding steroid dienone is 2. The highest BCUT2D eigenvalue weighted by Crippen LogP contribution is 2.35. The zero-order valence-electron chi connectivity index (χ0n) is 18.3. The second-order valence-electron chi connectivity index (χ2n) is 9.14. The molecule has 0 saturated carbocycles. The molecule has 1 aromatic carbocycles. The van der Waals surface area contributed by atoms with Crippen molar-refractivity contribution < 1.29 is 9.84 Å². The molecule has 31 heavy (non-hydrogen) atoms. The van der Waals surface area contributed by atoms with E-state index in [2.05, 4.69) is 32.6 Å². The van der Waals surface area contributed by atoms with Crippen LogP contribution in [0, 0.1) is 6.92 Å². The number of rotatable bonds is 5. The molecular weight excluding hydrogens is 388 g/mol. The predicted molar refractivity (Wildman–Crippen MR) is 123 cm³/mol. The summed E-state index contributed by atoms with van der Waals surface area (Å²) in [6, 6.07) is 8.95. The van der Waals surface area contributed by atoms with Crippen LogP contribution in [0.15, 0.2) is 30.3 Å². The topological polar surface area (TPSA) is 70.5 Å². The van der Waals surface area contributed by atoms with Gasteiger partial charge in [0.05, 0.1) is 24.9 Å². The third-order valence-electron chi connectivity index (χ3n) is 6.84. The Morgan fingerprint density at radius 3 is 2.74 bits per heavy atom. The third kappa shape index (κ3) is 4.46. The normalized spacial score (nSPS) is 22.6. The van der Waals surface area contributed by atoms with Gasteiger partial charge in [0.2, 0.25) is 0 Å². The van der Waals surface area contributed by atoms with Crippen LogP contribution < -0.4 is 5.32 Å². The molecule has 5 rings (SSSR count). The first-order chi connectivity index (χ1) is 15.2. The first kappa shape index (κ1) is 20.5. The van der Waals surface area contributed by atoms with Gasteiger partial charge < -0.3 is 15.2 Å². The Balaban J connectivity index is 1.29. The number of hydrogen-bond donors (Lipinski definition) is 2. The number of likely N-dealkylation sites (tertiary alicyclic amines) is 1. The lowest BCUT2D eigenvalue weighted by Crippen LogP contribution is -2.54. The lowest BCUT2D eigenvalue weighted by Gasteiger charge is -2.42. The minimum absolute atomic E-state index is 0.271. The number of anilines is 1. The van der Waals surface area contributed by atoms with E-state index in [0.29, 0.717) is 12.1 Å². The molecule has 0 amide bonds. The van der Waals surface area contributed by atoms with E-state index in [-0.39, 0.29) is 5.75 Å². The van der Waals surface area contributed by atoms with Crippen LogP contribution in [0.3, 0.4) is 0 Å². The molecule has 1 aromatic heterocycles. The van der Waals surface area contributed by atoms with Crippen molar-refractivity contribution >= 4 is 11.4 Å². The average Bonchev–Trinajstić information content (AvgIpc) is 2.74. The first-order valence-corrected chi connectivity index (χ1v) is 11.6. The summed E-state index contributed by atoms with van der Waals surface area (Å²) < 4.78 is 5.36. The second kappa shape index (κ2) is 8.97. The standard InChI is InChI=1S/C25H32N4O2/c1-17-12-24(26-20-8-5-11-29(14-20)21-15-31-16-21)27-28-25(17)22-10-9-19(13-23(22)30)18-6-3-2-4-7-18/h6,9-10,12-13,20-21,30H,2-5,7-8,11,14-16H2,1H3,(H,26,27)/t20-/m0/s1. The van der Waals surface area contributed by atoms with Gasteiger partial charge in [0, 0.05) is 18.2 Å². The molecule has 3 heterocycles. The maximum Gasteiger partial charge on any atom is 0.149 e. The summed E-state index contributed by atoms with van der Waals surface area (Å²) in [4.78, 5) is 2.53. The molecular formula is C25H32N4O2. The number of aromatic nitrogens is 2. The molecule has 6 nitrogen and oxygen atoms in total. The lowest BCUT2D eigenvalue weighted by molar-refractivity contribution is -0.0710. The first-order valence-electron chi connectivity index (χ1n) is 11.6. The largest absolute Gasteiger partial charge is 0.507 e. The number of ether oxygens (including phenoxy) is 1. The van der Waals surface area contributed by atoms with Crippen LogP contribution >= 0.6 is 0 Å². The van der Waals surface area contributed by atoms with Crippen molar-refractivity contribution in [2.24, 2.45) is 0 Å². The minimum Gasteiger partial charge on any atom is -0.507 e. The second-order valence-corrected chi connectivity index (χ2v) is 9.14. The smallest absolute Gasteiger partial charge is 0.149 e. The number of hydrogen-bond acceptors (Lipinski definition) is 6. The highest BCUT2D eigenvalue weighted by atomic mass is 16.5. The van der Waals surface area contributed by atoms with Crippen LogP contribution in [0.2, 0.25) is 0 Å². The van der Waals surface area contributed by atoms with Crippen molar-refractivity contribution in [1.29, 1.82) is 0 Å². The van der Waals surface area contributed by atoms with Crippen molar-refractivity contribution in [3.8, 4) is 17.0 Å². The molecule has 2 saturated heterocycles. The fraction of sp³-hybridized carbons (Fsp3) is 0.520. The quantitative estimate of drug-likeness (QED) is 0.748. The highest BCUT2D eigenvalue weighted by molar-refractivity contribution is 5.75. The number of aromatic hydroxyl groups is 1. The van der Waals surface area contributed by atoms with Crippen LogP contribution in [0.25, 0.3) is 16.8 Å². The third-order valence-corrected chi connectivity index (χ3v) is 6.84. The summed E-state index contributed by atoms with van der Waals surface area (Å²) in [5.74, 6) is 1.08. The molecule has 0 radical (unpaired) electrons. The van der Waals surface area contributed by atoms with Crippen molar-refractivity contribution in [2.75, 3.05) is 31.6 Å². The number of nitrogens with one attached hydrogen (secondary N) is 1. The monoisotopic (exact) mass is 420 g/mol. The van der Waals surface area contributed by atoms with Crippen molar-refractivity contribution in [3.63, 3.8) is 0 Å². The van der Waals surface area contributed by atoms with E-state index in [0.717, 1.165) is 73.8 Å². The van der Waals surface area contributed by atoms with Crippen LogP contribution in [-0.4, -0.2) is 58.6 Å². The Morgan fingerprint density at radius 1 is 1.13 bits per heavy atom. The van der Waals surface area contributed by atoms with Gasteiger partial charge in [0.1, 0.15) is 11.6 Å². The minimum atomic E-state index is 0.271. The van der Waals surface area contributed by atoms with E-state index in [4.69, 9.17) is 4.74 Å². The summed E-state index contributed by atoms with van der Waals surface area (Å²) in [7, 11) is 0. The predicted octanol–water partition coefficient (Wildman–Crippen LogP) is 4.39. The molecule has 1 atom stereocenters. The highest BCUT2D eigenvalue weighted by Gasteiger charge is 2.30. The molecule has 2 aromatic rings. The summed E-state index contributed by atoms with van der Waals surface area (Å²) in [6.07, 6.45) is 9.33.